The summed E-state index contributed by atoms with van der Waals surface area (Å²) in [4.78, 5) is 16.6. The number of rotatable bonds is 8. The first-order valence-electron chi connectivity index (χ1n) is 8.15. The third-order valence-corrected chi connectivity index (χ3v) is 4.62. The van der Waals surface area contributed by atoms with Gasteiger partial charge < -0.3 is 14.8 Å². The highest BCUT2D eigenvalue weighted by molar-refractivity contribution is 7.09. The number of nitrogens with zero attached hydrogens (tertiary/aromatic N) is 1. The number of ether oxygens (including phenoxy) is 2. The summed E-state index contributed by atoms with van der Waals surface area (Å²) in [6.45, 7) is -2.71. The second-order valence-electron chi connectivity index (χ2n) is 5.57. The fourth-order valence-electron chi connectivity index (χ4n) is 2.30. The van der Waals surface area contributed by atoms with Crippen molar-refractivity contribution in [3.63, 3.8) is 0 Å². The van der Waals surface area contributed by atoms with Gasteiger partial charge in [0.05, 0.1) is 17.8 Å². The second kappa shape index (κ2) is 9.48. The zero-order valence-electron chi connectivity index (χ0n) is 14.4. The van der Waals surface area contributed by atoms with E-state index >= 15 is 0 Å². The molecule has 0 atom stereocenters. The number of nitrogens with one attached hydrogen (secondary N) is 1. The molecule has 1 heterocycles. The molecular weight excluding hydrogens is 410 g/mol. The number of benzene rings is 2. The van der Waals surface area contributed by atoms with Crippen LogP contribution in [0, 0.1) is 0 Å². The van der Waals surface area contributed by atoms with Crippen molar-refractivity contribution in [2.45, 2.75) is 19.6 Å². The van der Waals surface area contributed by atoms with Crippen LogP contribution in [-0.4, -0.2) is 17.5 Å². The van der Waals surface area contributed by atoms with E-state index in [2.05, 4.69) is 15.0 Å². The van der Waals surface area contributed by atoms with Gasteiger partial charge in [0.25, 0.3) is 0 Å². The van der Waals surface area contributed by atoms with Crippen LogP contribution in [0.1, 0.15) is 10.7 Å². The van der Waals surface area contributed by atoms with Gasteiger partial charge in [-0.25, -0.2) is 4.98 Å². The Hall–Kier alpha value is -2.71. The molecule has 0 saturated heterocycles. The smallest absolute Gasteiger partial charge is 0.387 e. The maximum Gasteiger partial charge on any atom is 0.387 e. The number of aromatic nitrogens is 1. The summed E-state index contributed by atoms with van der Waals surface area (Å²) in [5.74, 6) is 0.177. The summed E-state index contributed by atoms with van der Waals surface area (Å²) in [5, 5.41) is 5.64. The summed E-state index contributed by atoms with van der Waals surface area (Å²) in [5.41, 5.74) is 0.735. The summed E-state index contributed by atoms with van der Waals surface area (Å²) in [6, 6.07) is 13.0. The van der Waals surface area contributed by atoms with Gasteiger partial charge in [0.2, 0.25) is 5.91 Å². The number of alkyl halides is 2. The number of amides is 1. The van der Waals surface area contributed by atoms with E-state index in [1.807, 2.05) is 0 Å². The predicted octanol–water partition coefficient (Wildman–Crippen LogP) is 5.16. The largest absolute Gasteiger partial charge is 0.486 e. The van der Waals surface area contributed by atoms with Gasteiger partial charge in [-0.1, -0.05) is 23.7 Å². The van der Waals surface area contributed by atoms with Gasteiger partial charge in [0.1, 0.15) is 23.1 Å². The van der Waals surface area contributed by atoms with Crippen LogP contribution < -0.4 is 14.8 Å². The minimum absolute atomic E-state index is 0.000454. The lowest BCUT2D eigenvalue weighted by molar-refractivity contribution is -0.115. The molecule has 1 aromatic heterocycles. The van der Waals surface area contributed by atoms with E-state index in [1.54, 1.807) is 41.8 Å². The Balaban J connectivity index is 1.55. The number of anilines is 1. The Morgan fingerprint density at radius 2 is 1.93 bits per heavy atom. The topological polar surface area (TPSA) is 60.5 Å². The molecule has 0 aliphatic rings. The third kappa shape index (κ3) is 5.90. The molecule has 2 aromatic carbocycles. The highest BCUT2D eigenvalue weighted by Gasteiger charge is 2.13. The molecule has 5 nitrogen and oxygen atoms in total. The SMILES string of the molecule is O=C(Cc1csc(COc2ccc(Cl)cc2)n1)Nc1ccccc1OC(F)F. The molecule has 0 bridgehead atoms. The molecule has 146 valence electrons. The number of carbonyl (C=O) groups excluding carboxylic acids is 1. The van der Waals surface area contributed by atoms with Crippen LogP contribution in [-0.2, 0) is 17.8 Å². The summed E-state index contributed by atoms with van der Waals surface area (Å²) in [7, 11) is 0. The lowest BCUT2D eigenvalue weighted by Gasteiger charge is -2.11. The Morgan fingerprint density at radius 1 is 1.18 bits per heavy atom. The normalized spacial score (nSPS) is 10.7. The van der Waals surface area contributed by atoms with Crippen molar-refractivity contribution in [2.24, 2.45) is 0 Å². The average molecular weight is 425 g/mol. The van der Waals surface area contributed by atoms with E-state index in [0.717, 1.165) is 0 Å². The summed E-state index contributed by atoms with van der Waals surface area (Å²) >= 11 is 7.19. The molecule has 1 amide bonds. The van der Waals surface area contributed by atoms with Crippen LogP contribution in [0.3, 0.4) is 0 Å². The van der Waals surface area contributed by atoms with E-state index in [0.29, 0.717) is 21.5 Å². The minimum atomic E-state index is -2.97. The van der Waals surface area contributed by atoms with Crippen LogP contribution in [0.5, 0.6) is 11.5 Å². The Bertz CT molecular complexity index is 935. The molecule has 3 rings (SSSR count). The van der Waals surface area contributed by atoms with Gasteiger partial charge in [0.15, 0.2) is 0 Å². The standard InChI is InChI=1S/C19H15ClF2N2O3S/c20-12-5-7-14(8-6-12)26-10-18-23-13(11-28-18)9-17(25)24-15-3-1-2-4-16(15)27-19(21)22/h1-8,11,19H,9-10H2,(H,24,25). The Kier molecular flexibility index (Phi) is 6.78. The van der Waals surface area contributed by atoms with E-state index < -0.39 is 6.61 Å². The Labute approximate surface area is 168 Å². The lowest BCUT2D eigenvalue weighted by Crippen LogP contribution is -2.16. The van der Waals surface area contributed by atoms with E-state index in [1.165, 1.54) is 23.5 Å². The summed E-state index contributed by atoms with van der Waals surface area (Å²) < 4.78 is 34.9. The molecule has 9 heteroatoms. The van der Waals surface area contributed by atoms with E-state index in [4.69, 9.17) is 16.3 Å². The van der Waals surface area contributed by atoms with Crippen molar-refractivity contribution in [2.75, 3.05) is 5.32 Å². The van der Waals surface area contributed by atoms with Gasteiger partial charge in [-0.05, 0) is 36.4 Å². The molecule has 0 aliphatic carbocycles. The number of halogens is 3. The summed E-state index contributed by atoms with van der Waals surface area (Å²) in [6.07, 6.45) is 0.000454. The zero-order valence-corrected chi connectivity index (χ0v) is 16.0. The molecule has 0 saturated carbocycles. The average Bonchev–Trinajstić information content (AvgIpc) is 3.10. The van der Waals surface area contributed by atoms with Gasteiger partial charge in [0, 0.05) is 10.4 Å². The first kappa shape index (κ1) is 20.0. The van der Waals surface area contributed by atoms with Crippen LogP contribution >= 0.6 is 22.9 Å². The number of carbonyl (C=O) groups is 1. The van der Waals surface area contributed by atoms with E-state index in [9.17, 15) is 13.6 Å². The minimum Gasteiger partial charge on any atom is -0.486 e. The molecule has 0 spiro atoms. The number of hydrogen-bond donors (Lipinski definition) is 1. The molecule has 3 aromatic rings. The van der Waals surface area contributed by atoms with Crippen LogP contribution in [0.4, 0.5) is 14.5 Å². The number of para-hydroxylation sites is 2. The quantitative estimate of drug-likeness (QED) is 0.542. The molecule has 1 N–H and O–H groups in total. The first-order chi connectivity index (χ1) is 13.5. The van der Waals surface area contributed by atoms with Gasteiger partial charge >= 0.3 is 6.61 Å². The molecule has 28 heavy (non-hydrogen) atoms. The van der Waals surface area contributed by atoms with Crippen LogP contribution in [0.2, 0.25) is 5.02 Å². The second-order valence-corrected chi connectivity index (χ2v) is 6.95. The maximum atomic E-state index is 12.4. The maximum absolute atomic E-state index is 12.4. The zero-order chi connectivity index (χ0) is 19.9. The van der Waals surface area contributed by atoms with Crippen molar-refractivity contribution in [3.05, 3.63) is 69.6 Å². The fraction of sp³-hybridized carbons (Fsp3) is 0.158. The Morgan fingerprint density at radius 3 is 2.68 bits per heavy atom. The lowest BCUT2D eigenvalue weighted by atomic mass is 10.2. The van der Waals surface area contributed by atoms with Crippen molar-refractivity contribution >= 4 is 34.5 Å². The highest BCUT2D eigenvalue weighted by Crippen LogP contribution is 2.25. The van der Waals surface area contributed by atoms with Crippen LogP contribution in [0.25, 0.3) is 0 Å². The third-order valence-electron chi connectivity index (χ3n) is 3.49. The van der Waals surface area contributed by atoms with Crippen LogP contribution in [0.15, 0.2) is 53.9 Å². The van der Waals surface area contributed by atoms with Crippen molar-refractivity contribution in [1.82, 2.24) is 4.98 Å². The molecule has 0 aliphatic heterocycles. The molecule has 0 unspecified atom stereocenters. The number of thiazole rings is 1. The van der Waals surface area contributed by atoms with Gasteiger partial charge in [-0.15, -0.1) is 11.3 Å². The highest BCUT2D eigenvalue weighted by atomic mass is 35.5. The predicted molar refractivity (Wildman–Crippen MR) is 103 cm³/mol. The van der Waals surface area contributed by atoms with Crippen molar-refractivity contribution < 1.29 is 23.0 Å². The molecule has 0 fully saturated rings. The fourth-order valence-corrected chi connectivity index (χ4v) is 3.13. The van der Waals surface area contributed by atoms with Crippen molar-refractivity contribution in [1.29, 1.82) is 0 Å². The molecule has 0 radical (unpaired) electrons. The number of hydrogen-bond acceptors (Lipinski definition) is 5. The van der Waals surface area contributed by atoms with Gasteiger partial charge in [-0.2, -0.15) is 8.78 Å². The van der Waals surface area contributed by atoms with Gasteiger partial charge in [-0.3, -0.25) is 4.79 Å². The monoisotopic (exact) mass is 424 g/mol. The van der Waals surface area contributed by atoms with E-state index in [-0.39, 0.29) is 30.4 Å². The molecular formula is C19H15ClF2N2O3S. The van der Waals surface area contributed by atoms with Crippen molar-refractivity contribution in [3.8, 4) is 11.5 Å². The first-order valence-corrected chi connectivity index (χ1v) is 9.40.